The van der Waals surface area contributed by atoms with Crippen molar-refractivity contribution in [1.82, 2.24) is 20.2 Å². The fourth-order valence-electron chi connectivity index (χ4n) is 5.29. The van der Waals surface area contributed by atoms with E-state index in [4.69, 9.17) is 9.97 Å². The second-order valence-electron chi connectivity index (χ2n) is 8.54. The highest BCUT2D eigenvalue weighted by atomic mass is 16.3. The molecule has 0 saturated carbocycles. The van der Waals surface area contributed by atoms with Gasteiger partial charge in [-0.25, -0.2) is 9.97 Å². The molecule has 2 atom stereocenters. The molecule has 5 heteroatoms. The van der Waals surface area contributed by atoms with Gasteiger partial charge >= 0.3 is 0 Å². The van der Waals surface area contributed by atoms with Crippen molar-refractivity contribution in [1.29, 1.82) is 0 Å². The standard InChI is InChI=1S/C21H34N4O/c1-16-17-7-2-3-8-18(17)24-20(23-16)10-12-22-15-21(26)11-6-14-25-13-5-4-9-19(21)25/h19,22,26H,2-15H2,1H3/t19-,21-/m1/s1. The lowest BCUT2D eigenvalue weighted by Gasteiger charge is -2.49. The van der Waals surface area contributed by atoms with E-state index in [0.29, 0.717) is 12.6 Å². The van der Waals surface area contributed by atoms with Crippen LogP contribution in [0.2, 0.25) is 0 Å². The number of piperidine rings is 2. The van der Waals surface area contributed by atoms with E-state index in [0.717, 1.165) is 64.0 Å². The van der Waals surface area contributed by atoms with E-state index in [1.807, 2.05) is 0 Å². The van der Waals surface area contributed by atoms with Crippen LogP contribution in [-0.2, 0) is 19.3 Å². The Bertz CT molecular complexity index is 633. The molecule has 0 radical (unpaired) electrons. The Hall–Kier alpha value is -1.04. The monoisotopic (exact) mass is 358 g/mol. The van der Waals surface area contributed by atoms with Gasteiger partial charge in [0.05, 0.1) is 5.60 Å². The molecule has 2 N–H and O–H groups in total. The Kier molecular flexibility index (Phi) is 5.58. The maximum Gasteiger partial charge on any atom is 0.130 e. The molecule has 3 aliphatic rings. The number of aryl methyl sites for hydroxylation is 2. The van der Waals surface area contributed by atoms with E-state index < -0.39 is 5.60 Å². The van der Waals surface area contributed by atoms with Gasteiger partial charge in [0.25, 0.3) is 0 Å². The Morgan fingerprint density at radius 2 is 1.96 bits per heavy atom. The van der Waals surface area contributed by atoms with Crippen LogP contribution in [0.25, 0.3) is 0 Å². The van der Waals surface area contributed by atoms with Crippen LogP contribution < -0.4 is 5.32 Å². The summed E-state index contributed by atoms with van der Waals surface area (Å²) < 4.78 is 0. The molecule has 0 aromatic carbocycles. The average Bonchev–Trinajstić information content (AvgIpc) is 2.66. The normalized spacial score (nSPS) is 29.2. The van der Waals surface area contributed by atoms with Crippen molar-refractivity contribution in [2.75, 3.05) is 26.2 Å². The molecule has 5 nitrogen and oxygen atoms in total. The van der Waals surface area contributed by atoms with Crippen LogP contribution in [0, 0.1) is 6.92 Å². The van der Waals surface area contributed by atoms with E-state index in [1.165, 1.54) is 42.6 Å². The summed E-state index contributed by atoms with van der Waals surface area (Å²) in [6.07, 6.45) is 11.4. The second-order valence-corrected chi connectivity index (χ2v) is 8.54. The van der Waals surface area contributed by atoms with E-state index in [-0.39, 0.29) is 0 Å². The van der Waals surface area contributed by atoms with Gasteiger partial charge in [-0.15, -0.1) is 0 Å². The predicted molar refractivity (Wildman–Crippen MR) is 103 cm³/mol. The molecule has 1 aromatic rings. The van der Waals surface area contributed by atoms with Gasteiger partial charge in [-0.2, -0.15) is 0 Å². The topological polar surface area (TPSA) is 61.3 Å². The van der Waals surface area contributed by atoms with Crippen molar-refractivity contribution in [2.45, 2.75) is 82.8 Å². The number of aliphatic hydroxyl groups is 1. The van der Waals surface area contributed by atoms with Crippen molar-refractivity contribution in [3.8, 4) is 0 Å². The smallest absolute Gasteiger partial charge is 0.130 e. The molecular weight excluding hydrogens is 324 g/mol. The van der Waals surface area contributed by atoms with Gasteiger partial charge < -0.3 is 10.4 Å². The largest absolute Gasteiger partial charge is 0.387 e. The summed E-state index contributed by atoms with van der Waals surface area (Å²) >= 11 is 0. The third-order valence-electron chi connectivity index (χ3n) is 6.68. The van der Waals surface area contributed by atoms with Gasteiger partial charge in [-0.3, -0.25) is 4.90 Å². The summed E-state index contributed by atoms with van der Waals surface area (Å²) in [5, 5.41) is 14.8. The van der Waals surface area contributed by atoms with Crippen LogP contribution in [0.1, 0.15) is 67.7 Å². The molecule has 1 aromatic heterocycles. The average molecular weight is 359 g/mol. The van der Waals surface area contributed by atoms with E-state index in [2.05, 4.69) is 17.1 Å². The summed E-state index contributed by atoms with van der Waals surface area (Å²) in [7, 11) is 0. The summed E-state index contributed by atoms with van der Waals surface area (Å²) in [6.45, 7) is 5.99. The lowest BCUT2D eigenvalue weighted by molar-refractivity contribution is -0.0916. The maximum absolute atomic E-state index is 11.2. The fraction of sp³-hybridized carbons (Fsp3) is 0.810. The minimum atomic E-state index is -0.564. The highest BCUT2D eigenvalue weighted by molar-refractivity contribution is 5.27. The molecule has 3 heterocycles. The molecule has 0 unspecified atom stereocenters. The molecule has 0 spiro atoms. The highest BCUT2D eigenvalue weighted by Gasteiger charge is 2.43. The van der Waals surface area contributed by atoms with Gasteiger partial charge in [-0.1, -0.05) is 6.42 Å². The number of nitrogens with one attached hydrogen (secondary N) is 1. The molecule has 26 heavy (non-hydrogen) atoms. The molecule has 2 fully saturated rings. The summed E-state index contributed by atoms with van der Waals surface area (Å²) in [4.78, 5) is 12.1. The number of rotatable bonds is 5. The third kappa shape index (κ3) is 3.80. The first-order valence-corrected chi connectivity index (χ1v) is 10.7. The van der Waals surface area contributed by atoms with E-state index >= 15 is 0 Å². The van der Waals surface area contributed by atoms with Crippen LogP contribution in [0.3, 0.4) is 0 Å². The number of hydrogen-bond acceptors (Lipinski definition) is 5. The number of hydrogen-bond donors (Lipinski definition) is 2. The minimum absolute atomic E-state index is 0.347. The zero-order valence-corrected chi connectivity index (χ0v) is 16.3. The highest BCUT2D eigenvalue weighted by Crippen LogP contribution is 2.33. The van der Waals surface area contributed by atoms with Gasteiger partial charge in [0, 0.05) is 36.9 Å². The van der Waals surface area contributed by atoms with Crippen molar-refractivity contribution < 1.29 is 5.11 Å². The first-order chi connectivity index (χ1) is 12.7. The first kappa shape index (κ1) is 18.3. The van der Waals surface area contributed by atoms with Gasteiger partial charge in [0.1, 0.15) is 5.82 Å². The van der Waals surface area contributed by atoms with Gasteiger partial charge in [0.2, 0.25) is 0 Å². The van der Waals surface area contributed by atoms with E-state index in [9.17, 15) is 5.11 Å². The Morgan fingerprint density at radius 1 is 1.12 bits per heavy atom. The van der Waals surface area contributed by atoms with Crippen molar-refractivity contribution in [3.05, 3.63) is 22.8 Å². The quantitative estimate of drug-likeness (QED) is 0.790. The van der Waals surface area contributed by atoms with Crippen LogP contribution in [-0.4, -0.2) is 57.8 Å². The second kappa shape index (κ2) is 7.91. The molecule has 2 aliphatic heterocycles. The van der Waals surface area contributed by atoms with Crippen LogP contribution in [0.5, 0.6) is 0 Å². The maximum atomic E-state index is 11.2. The molecule has 0 amide bonds. The van der Waals surface area contributed by atoms with Crippen LogP contribution in [0.4, 0.5) is 0 Å². The summed E-state index contributed by atoms with van der Waals surface area (Å²) in [5.41, 5.74) is 3.28. The molecule has 144 valence electrons. The molecule has 2 saturated heterocycles. The van der Waals surface area contributed by atoms with Crippen LogP contribution >= 0.6 is 0 Å². The summed E-state index contributed by atoms with van der Waals surface area (Å²) in [5.74, 6) is 0.963. The molecule has 4 rings (SSSR count). The Labute approximate surface area is 157 Å². The predicted octanol–water partition coefficient (Wildman–Crippen LogP) is 2.18. The van der Waals surface area contributed by atoms with Gasteiger partial charge in [0.15, 0.2) is 0 Å². The molecular formula is C21H34N4O. The Morgan fingerprint density at radius 3 is 2.88 bits per heavy atom. The number of aromatic nitrogens is 2. The zero-order chi connectivity index (χ0) is 18.0. The van der Waals surface area contributed by atoms with Crippen molar-refractivity contribution in [2.24, 2.45) is 0 Å². The lowest BCUT2D eigenvalue weighted by atomic mass is 9.79. The van der Waals surface area contributed by atoms with Crippen molar-refractivity contribution in [3.63, 3.8) is 0 Å². The van der Waals surface area contributed by atoms with Crippen molar-refractivity contribution >= 4 is 0 Å². The van der Waals surface area contributed by atoms with Crippen LogP contribution in [0.15, 0.2) is 0 Å². The minimum Gasteiger partial charge on any atom is -0.387 e. The molecule has 0 bridgehead atoms. The zero-order valence-electron chi connectivity index (χ0n) is 16.3. The van der Waals surface area contributed by atoms with E-state index in [1.54, 1.807) is 0 Å². The lowest BCUT2D eigenvalue weighted by Crippen LogP contribution is -2.62. The summed E-state index contributed by atoms with van der Waals surface area (Å²) in [6, 6.07) is 0.347. The Balaban J connectivity index is 1.31. The fourth-order valence-corrected chi connectivity index (χ4v) is 5.29. The SMILES string of the molecule is Cc1nc(CCNC[C@]2(O)CCCN3CCCC[C@@H]32)nc2c1CCCC2. The van der Waals surface area contributed by atoms with Gasteiger partial charge in [-0.05, 0) is 76.9 Å². The number of fused-ring (bicyclic) bond motifs is 2. The first-order valence-electron chi connectivity index (χ1n) is 10.7. The molecule has 1 aliphatic carbocycles. The third-order valence-corrected chi connectivity index (χ3v) is 6.68. The number of nitrogens with zero attached hydrogens (tertiary/aromatic N) is 3.